The Bertz CT molecular complexity index is 235. The van der Waals surface area contributed by atoms with Gasteiger partial charge in [0.15, 0.2) is 0 Å². The lowest BCUT2D eigenvalue weighted by Gasteiger charge is -2.40. The zero-order valence-electron chi connectivity index (χ0n) is 12.7. The minimum atomic E-state index is 0.401. The highest BCUT2D eigenvalue weighted by molar-refractivity contribution is 4.89. The SMILES string of the molecule is CCOC(C1CCCCC1)C(NC)C1CCOCC1. The molecule has 1 heterocycles. The summed E-state index contributed by atoms with van der Waals surface area (Å²) in [5.41, 5.74) is 0. The lowest BCUT2D eigenvalue weighted by molar-refractivity contribution is -0.0461. The monoisotopic (exact) mass is 269 g/mol. The van der Waals surface area contributed by atoms with E-state index in [4.69, 9.17) is 9.47 Å². The van der Waals surface area contributed by atoms with Crippen molar-refractivity contribution in [1.29, 1.82) is 0 Å². The van der Waals surface area contributed by atoms with Crippen LogP contribution in [0.4, 0.5) is 0 Å². The molecule has 0 aromatic rings. The molecule has 1 N–H and O–H groups in total. The normalized spacial score (nSPS) is 26.2. The highest BCUT2D eigenvalue weighted by Crippen LogP contribution is 2.33. The van der Waals surface area contributed by atoms with Crippen molar-refractivity contribution in [2.24, 2.45) is 11.8 Å². The van der Waals surface area contributed by atoms with E-state index in [-0.39, 0.29) is 0 Å². The van der Waals surface area contributed by atoms with Crippen molar-refractivity contribution in [3.63, 3.8) is 0 Å². The van der Waals surface area contributed by atoms with Gasteiger partial charge in [-0.25, -0.2) is 0 Å². The number of ether oxygens (including phenoxy) is 2. The Morgan fingerprint density at radius 1 is 1.05 bits per heavy atom. The molecule has 0 amide bonds. The Morgan fingerprint density at radius 3 is 2.32 bits per heavy atom. The van der Waals surface area contributed by atoms with E-state index in [0.717, 1.165) is 31.7 Å². The first-order valence-electron chi connectivity index (χ1n) is 8.23. The van der Waals surface area contributed by atoms with Crippen molar-refractivity contribution in [2.75, 3.05) is 26.9 Å². The molecule has 3 heteroatoms. The van der Waals surface area contributed by atoms with Crippen molar-refractivity contribution in [2.45, 2.75) is 64.0 Å². The number of hydrogen-bond donors (Lipinski definition) is 1. The van der Waals surface area contributed by atoms with Crippen molar-refractivity contribution in [3.8, 4) is 0 Å². The molecule has 0 spiro atoms. The summed E-state index contributed by atoms with van der Waals surface area (Å²) in [4.78, 5) is 0. The molecule has 19 heavy (non-hydrogen) atoms. The molecule has 1 aliphatic carbocycles. The van der Waals surface area contributed by atoms with E-state index < -0.39 is 0 Å². The zero-order chi connectivity index (χ0) is 13.5. The number of hydrogen-bond acceptors (Lipinski definition) is 3. The molecule has 2 aliphatic rings. The van der Waals surface area contributed by atoms with Gasteiger partial charge < -0.3 is 14.8 Å². The van der Waals surface area contributed by atoms with Gasteiger partial charge in [0.2, 0.25) is 0 Å². The summed E-state index contributed by atoms with van der Waals surface area (Å²) in [6, 6.07) is 0.506. The van der Waals surface area contributed by atoms with Crippen LogP contribution in [0.15, 0.2) is 0 Å². The lowest BCUT2D eigenvalue weighted by Crippen LogP contribution is -2.50. The first kappa shape index (κ1) is 15.3. The fourth-order valence-electron chi connectivity index (χ4n) is 3.93. The molecule has 2 atom stereocenters. The molecule has 1 aliphatic heterocycles. The molecule has 0 bridgehead atoms. The van der Waals surface area contributed by atoms with E-state index in [1.807, 2.05) is 0 Å². The predicted octanol–water partition coefficient (Wildman–Crippen LogP) is 2.99. The van der Waals surface area contributed by atoms with Crippen LogP contribution in [0, 0.1) is 11.8 Å². The molecule has 3 nitrogen and oxygen atoms in total. The standard InChI is InChI=1S/C16H31NO2/c1-3-19-16(14-7-5-4-6-8-14)15(17-2)13-9-11-18-12-10-13/h13-17H,3-12H2,1-2H3. The lowest BCUT2D eigenvalue weighted by atomic mass is 9.77. The van der Waals surface area contributed by atoms with Crippen LogP contribution in [0.3, 0.4) is 0 Å². The van der Waals surface area contributed by atoms with E-state index in [1.165, 1.54) is 44.9 Å². The fraction of sp³-hybridized carbons (Fsp3) is 1.00. The van der Waals surface area contributed by atoms with Gasteiger partial charge in [-0.15, -0.1) is 0 Å². The van der Waals surface area contributed by atoms with Crippen molar-refractivity contribution in [1.82, 2.24) is 5.32 Å². The number of rotatable bonds is 6. The molecule has 0 aromatic carbocycles. The highest BCUT2D eigenvalue weighted by atomic mass is 16.5. The second-order valence-electron chi connectivity index (χ2n) is 6.08. The van der Waals surface area contributed by atoms with Crippen LogP contribution in [0.25, 0.3) is 0 Å². The first-order valence-corrected chi connectivity index (χ1v) is 8.23. The Hall–Kier alpha value is -0.120. The minimum absolute atomic E-state index is 0.401. The third-order valence-electron chi connectivity index (χ3n) is 4.93. The summed E-state index contributed by atoms with van der Waals surface area (Å²) >= 11 is 0. The molecule has 112 valence electrons. The van der Waals surface area contributed by atoms with Gasteiger partial charge in [-0.1, -0.05) is 19.3 Å². The molecule has 0 radical (unpaired) electrons. The molecule has 1 saturated carbocycles. The Labute approximate surface area is 118 Å². The van der Waals surface area contributed by atoms with E-state index in [9.17, 15) is 0 Å². The van der Waals surface area contributed by atoms with Crippen LogP contribution in [-0.2, 0) is 9.47 Å². The molecule has 0 aromatic heterocycles. The van der Waals surface area contributed by atoms with Crippen LogP contribution in [0.2, 0.25) is 0 Å². The van der Waals surface area contributed by atoms with Crippen molar-refractivity contribution in [3.05, 3.63) is 0 Å². The maximum atomic E-state index is 6.18. The van der Waals surface area contributed by atoms with Crippen molar-refractivity contribution >= 4 is 0 Å². The Kier molecular flexibility index (Phi) is 6.62. The fourth-order valence-corrected chi connectivity index (χ4v) is 3.93. The predicted molar refractivity (Wildman–Crippen MR) is 78.4 cm³/mol. The third kappa shape index (κ3) is 4.17. The highest BCUT2D eigenvalue weighted by Gasteiger charge is 2.35. The van der Waals surface area contributed by atoms with Gasteiger partial charge >= 0.3 is 0 Å². The number of nitrogens with one attached hydrogen (secondary N) is 1. The van der Waals surface area contributed by atoms with Gasteiger partial charge in [-0.2, -0.15) is 0 Å². The summed E-state index contributed by atoms with van der Waals surface area (Å²) in [5, 5.41) is 3.57. The van der Waals surface area contributed by atoms with E-state index >= 15 is 0 Å². The molecular weight excluding hydrogens is 238 g/mol. The minimum Gasteiger partial charge on any atom is -0.381 e. The van der Waals surface area contributed by atoms with Crippen LogP contribution in [-0.4, -0.2) is 39.0 Å². The maximum absolute atomic E-state index is 6.18. The molecule has 2 unspecified atom stereocenters. The van der Waals surface area contributed by atoms with Gasteiger partial charge in [0.05, 0.1) is 6.10 Å². The van der Waals surface area contributed by atoms with Crippen LogP contribution >= 0.6 is 0 Å². The summed E-state index contributed by atoms with van der Waals surface area (Å²) in [6.07, 6.45) is 9.66. The van der Waals surface area contributed by atoms with E-state index in [2.05, 4.69) is 19.3 Å². The van der Waals surface area contributed by atoms with Gasteiger partial charge in [0.25, 0.3) is 0 Å². The molecular formula is C16H31NO2. The summed E-state index contributed by atoms with van der Waals surface area (Å²) in [7, 11) is 2.11. The average molecular weight is 269 g/mol. The van der Waals surface area contributed by atoms with Gasteiger partial charge in [-0.05, 0) is 51.5 Å². The van der Waals surface area contributed by atoms with Crippen LogP contribution in [0.5, 0.6) is 0 Å². The Morgan fingerprint density at radius 2 is 1.74 bits per heavy atom. The topological polar surface area (TPSA) is 30.5 Å². The molecule has 1 saturated heterocycles. The molecule has 2 rings (SSSR count). The van der Waals surface area contributed by atoms with Crippen LogP contribution in [0.1, 0.15) is 51.9 Å². The quantitative estimate of drug-likeness (QED) is 0.804. The van der Waals surface area contributed by atoms with Crippen molar-refractivity contribution < 1.29 is 9.47 Å². The molecule has 2 fully saturated rings. The average Bonchev–Trinajstić information content (AvgIpc) is 2.49. The third-order valence-corrected chi connectivity index (χ3v) is 4.93. The van der Waals surface area contributed by atoms with Crippen LogP contribution < -0.4 is 5.32 Å². The van der Waals surface area contributed by atoms with E-state index in [0.29, 0.717) is 12.1 Å². The first-order chi connectivity index (χ1) is 9.36. The second kappa shape index (κ2) is 8.23. The number of likely N-dealkylation sites (N-methyl/N-ethyl adjacent to an activating group) is 1. The smallest absolute Gasteiger partial charge is 0.0758 e. The second-order valence-corrected chi connectivity index (χ2v) is 6.08. The van der Waals surface area contributed by atoms with Gasteiger partial charge in [0.1, 0.15) is 0 Å². The van der Waals surface area contributed by atoms with E-state index in [1.54, 1.807) is 0 Å². The Balaban J connectivity index is 2.00. The summed E-state index contributed by atoms with van der Waals surface area (Å²) < 4.78 is 11.7. The zero-order valence-corrected chi connectivity index (χ0v) is 12.7. The van der Waals surface area contributed by atoms with Gasteiger partial charge in [-0.3, -0.25) is 0 Å². The largest absolute Gasteiger partial charge is 0.381 e. The summed E-state index contributed by atoms with van der Waals surface area (Å²) in [6.45, 7) is 4.81. The maximum Gasteiger partial charge on any atom is 0.0758 e. The summed E-state index contributed by atoms with van der Waals surface area (Å²) in [5.74, 6) is 1.48. The van der Waals surface area contributed by atoms with Gasteiger partial charge in [0, 0.05) is 25.9 Å².